The number of aldehydes is 1. The lowest BCUT2D eigenvalue weighted by molar-refractivity contribution is -0.158. The molecule has 0 unspecified atom stereocenters. The van der Waals surface area contributed by atoms with Gasteiger partial charge in [-0.1, -0.05) is 0 Å². The van der Waals surface area contributed by atoms with Crippen LogP contribution in [0.4, 0.5) is 0 Å². The summed E-state index contributed by atoms with van der Waals surface area (Å²) < 4.78 is 20.6. The van der Waals surface area contributed by atoms with Crippen molar-refractivity contribution in [2.24, 2.45) is 0 Å². The Balaban J connectivity index is 0.000000351. The van der Waals surface area contributed by atoms with Gasteiger partial charge in [0.25, 0.3) is 0 Å². The number of carboxylic acids is 1. The first-order chi connectivity index (χ1) is 16.2. The average Bonchev–Trinajstić information content (AvgIpc) is 2.75. The van der Waals surface area contributed by atoms with E-state index in [1.807, 2.05) is 0 Å². The number of esters is 2. The van der Waals surface area contributed by atoms with Crippen LogP contribution < -0.4 is 9.47 Å². The molecule has 190 valence electrons. The number of hydrogen-bond acceptors (Lipinski definition) is 8. The van der Waals surface area contributed by atoms with E-state index in [0.717, 1.165) is 6.29 Å². The molecule has 0 fully saturated rings. The Hall–Kier alpha value is -3.88. The van der Waals surface area contributed by atoms with Gasteiger partial charge in [-0.05, 0) is 90.1 Å². The minimum Gasteiger partial charge on any atom is -0.482 e. The van der Waals surface area contributed by atoms with Gasteiger partial charge < -0.3 is 24.1 Å². The summed E-state index contributed by atoms with van der Waals surface area (Å²) in [5, 5.41) is 8.71. The number of rotatable bonds is 8. The van der Waals surface area contributed by atoms with E-state index in [0.29, 0.717) is 17.1 Å². The maximum Gasteiger partial charge on any atom is 0.344 e. The van der Waals surface area contributed by atoms with Crippen LogP contribution in [0.3, 0.4) is 0 Å². The van der Waals surface area contributed by atoms with Gasteiger partial charge in [-0.15, -0.1) is 0 Å². The van der Waals surface area contributed by atoms with E-state index in [2.05, 4.69) is 0 Å². The molecule has 0 spiro atoms. The van der Waals surface area contributed by atoms with E-state index in [9.17, 15) is 19.2 Å². The molecule has 0 aliphatic rings. The smallest absolute Gasteiger partial charge is 0.344 e. The van der Waals surface area contributed by atoms with Crippen LogP contribution in [0.2, 0.25) is 0 Å². The monoisotopic (exact) mass is 488 g/mol. The van der Waals surface area contributed by atoms with Crippen LogP contribution in [0.5, 0.6) is 11.5 Å². The maximum absolute atomic E-state index is 11.4. The Labute approximate surface area is 204 Å². The molecular formula is C26H32O9. The molecule has 9 heteroatoms. The Morgan fingerprint density at radius 3 is 1.40 bits per heavy atom. The zero-order chi connectivity index (χ0) is 26.6. The van der Waals surface area contributed by atoms with Gasteiger partial charge in [-0.3, -0.25) is 4.79 Å². The molecule has 2 aromatic rings. The molecule has 35 heavy (non-hydrogen) atoms. The number of ether oxygens (including phenoxy) is 4. The third-order valence-corrected chi connectivity index (χ3v) is 3.67. The van der Waals surface area contributed by atoms with Crippen molar-refractivity contribution in [1.82, 2.24) is 0 Å². The van der Waals surface area contributed by atoms with Crippen molar-refractivity contribution in [3.63, 3.8) is 0 Å². The predicted molar refractivity (Wildman–Crippen MR) is 128 cm³/mol. The first kappa shape index (κ1) is 29.2. The molecule has 2 aromatic carbocycles. The second kappa shape index (κ2) is 13.1. The fourth-order valence-corrected chi connectivity index (χ4v) is 2.36. The van der Waals surface area contributed by atoms with Crippen LogP contribution in [0.15, 0.2) is 48.5 Å². The number of aromatic carboxylic acids is 1. The van der Waals surface area contributed by atoms with Crippen LogP contribution in [0.25, 0.3) is 0 Å². The summed E-state index contributed by atoms with van der Waals surface area (Å²) in [5.74, 6) is -0.942. The zero-order valence-corrected chi connectivity index (χ0v) is 20.8. The third-order valence-electron chi connectivity index (χ3n) is 3.67. The molecule has 0 aliphatic carbocycles. The molecule has 0 saturated carbocycles. The molecular weight excluding hydrogens is 456 g/mol. The lowest BCUT2D eigenvalue weighted by atomic mass is 10.2. The number of carbonyl (C=O) groups excluding carboxylic acids is 3. The minimum absolute atomic E-state index is 0.141. The molecule has 0 bridgehead atoms. The SMILES string of the molecule is CC(C)(C)OC(=O)COc1ccc(C(=O)O)cc1.CC(C)(C)OC(=O)COc1ccc(C=O)cc1. The Morgan fingerprint density at radius 2 is 1.09 bits per heavy atom. The van der Waals surface area contributed by atoms with Crippen LogP contribution in [-0.4, -0.2) is 53.7 Å². The van der Waals surface area contributed by atoms with Crippen molar-refractivity contribution in [1.29, 1.82) is 0 Å². The van der Waals surface area contributed by atoms with Gasteiger partial charge in [-0.2, -0.15) is 0 Å². The van der Waals surface area contributed by atoms with Crippen molar-refractivity contribution in [2.75, 3.05) is 13.2 Å². The van der Waals surface area contributed by atoms with Crippen molar-refractivity contribution in [3.8, 4) is 11.5 Å². The highest BCUT2D eigenvalue weighted by Gasteiger charge is 2.17. The van der Waals surface area contributed by atoms with Gasteiger partial charge in [0.2, 0.25) is 0 Å². The van der Waals surface area contributed by atoms with Gasteiger partial charge in [-0.25, -0.2) is 14.4 Å². The highest BCUT2D eigenvalue weighted by atomic mass is 16.6. The minimum atomic E-state index is -1.01. The molecule has 0 saturated heterocycles. The van der Waals surface area contributed by atoms with Gasteiger partial charge >= 0.3 is 17.9 Å². The fraction of sp³-hybridized carbons (Fsp3) is 0.385. The molecule has 0 radical (unpaired) electrons. The van der Waals surface area contributed by atoms with E-state index in [1.54, 1.807) is 65.8 Å². The molecule has 0 heterocycles. The summed E-state index contributed by atoms with van der Waals surface area (Å²) >= 11 is 0. The van der Waals surface area contributed by atoms with E-state index < -0.39 is 29.1 Å². The topological polar surface area (TPSA) is 125 Å². The fourth-order valence-electron chi connectivity index (χ4n) is 2.36. The largest absolute Gasteiger partial charge is 0.482 e. The van der Waals surface area contributed by atoms with Crippen molar-refractivity contribution >= 4 is 24.2 Å². The highest BCUT2D eigenvalue weighted by molar-refractivity contribution is 5.87. The average molecular weight is 489 g/mol. The Morgan fingerprint density at radius 1 is 0.714 bits per heavy atom. The van der Waals surface area contributed by atoms with Crippen molar-refractivity contribution in [2.45, 2.75) is 52.7 Å². The summed E-state index contributed by atoms with van der Waals surface area (Å²) in [4.78, 5) is 43.8. The van der Waals surface area contributed by atoms with Crippen LogP contribution in [0.1, 0.15) is 62.3 Å². The third kappa shape index (κ3) is 13.4. The molecule has 1 N–H and O–H groups in total. The normalized spacial score (nSPS) is 10.8. The number of benzene rings is 2. The van der Waals surface area contributed by atoms with Crippen LogP contribution in [0, 0.1) is 0 Å². The van der Waals surface area contributed by atoms with Crippen molar-refractivity contribution in [3.05, 3.63) is 59.7 Å². The molecule has 0 aromatic heterocycles. The summed E-state index contributed by atoms with van der Waals surface area (Å²) in [6, 6.07) is 12.3. The van der Waals surface area contributed by atoms with E-state index in [4.69, 9.17) is 24.1 Å². The van der Waals surface area contributed by atoms with E-state index in [1.165, 1.54) is 24.3 Å². The van der Waals surface area contributed by atoms with Gasteiger partial charge in [0, 0.05) is 5.56 Å². The Bertz CT molecular complexity index is 979. The lowest BCUT2D eigenvalue weighted by Crippen LogP contribution is -2.27. The quantitative estimate of drug-likeness (QED) is 0.427. The van der Waals surface area contributed by atoms with Gasteiger partial charge in [0.05, 0.1) is 5.56 Å². The molecule has 0 atom stereocenters. The zero-order valence-electron chi connectivity index (χ0n) is 20.8. The number of hydrogen-bond donors (Lipinski definition) is 1. The first-order valence-electron chi connectivity index (χ1n) is 10.8. The van der Waals surface area contributed by atoms with Crippen molar-refractivity contribution < 1.29 is 43.2 Å². The van der Waals surface area contributed by atoms with E-state index in [-0.39, 0.29) is 18.8 Å². The van der Waals surface area contributed by atoms with Crippen LogP contribution in [-0.2, 0) is 19.1 Å². The number of carboxylic acid groups (broad SMARTS) is 1. The maximum atomic E-state index is 11.4. The van der Waals surface area contributed by atoms with Crippen LogP contribution >= 0.6 is 0 Å². The standard InChI is InChI=1S/C13H16O5.C13H16O4/c1-13(2,3)18-11(14)8-17-10-6-4-9(5-7-10)12(15)16;1-13(2,3)17-12(15)9-16-11-6-4-10(8-14)5-7-11/h4-7H,8H2,1-3H3,(H,15,16);4-8H,9H2,1-3H3. The lowest BCUT2D eigenvalue weighted by Gasteiger charge is -2.19. The molecule has 9 nitrogen and oxygen atoms in total. The molecule has 0 amide bonds. The summed E-state index contributed by atoms with van der Waals surface area (Å²) in [6.07, 6.45) is 0.748. The summed E-state index contributed by atoms with van der Waals surface area (Å²) in [5.41, 5.74) is -0.329. The highest BCUT2D eigenvalue weighted by Crippen LogP contribution is 2.14. The molecule has 0 aliphatic heterocycles. The van der Waals surface area contributed by atoms with Gasteiger partial charge in [0.15, 0.2) is 13.2 Å². The Kier molecular flexibility index (Phi) is 10.9. The summed E-state index contributed by atoms with van der Waals surface area (Å²) in [7, 11) is 0. The van der Waals surface area contributed by atoms with E-state index >= 15 is 0 Å². The summed E-state index contributed by atoms with van der Waals surface area (Å²) in [6.45, 7) is 10.4. The number of carbonyl (C=O) groups is 4. The van der Waals surface area contributed by atoms with Gasteiger partial charge in [0.1, 0.15) is 29.0 Å². The second-order valence-electron chi connectivity index (χ2n) is 9.27. The molecule has 2 rings (SSSR count). The first-order valence-corrected chi connectivity index (χ1v) is 10.8. The second-order valence-corrected chi connectivity index (χ2v) is 9.27. The predicted octanol–water partition coefficient (Wildman–Crippen LogP) is 4.32.